The van der Waals surface area contributed by atoms with Gasteiger partial charge in [0.25, 0.3) is 0 Å². The van der Waals surface area contributed by atoms with E-state index in [1.54, 1.807) is 13.3 Å². The average Bonchev–Trinajstić information content (AvgIpc) is 3.09. The molecule has 1 fully saturated rings. The number of hydrazone groups is 1. The Hall–Kier alpha value is -2.04. The summed E-state index contributed by atoms with van der Waals surface area (Å²) in [5.74, 6) is 0. The molecule has 0 atom stereocenters. The first-order chi connectivity index (χ1) is 8.29. The fourth-order valence-corrected chi connectivity index (χ4v) is 2.05. The van der Waals surface area contributed by atoms with Gasteiger partial charge in [-0.1, -0.05) is 6.07 Å². The quantitative estimate of drug-likeness (QED) is 0.615. The fourth-order valence-electron chi connectivity index (χ4n) is 2.05. The van der Waals surface area contributed by atoms with Gasteiger partial charge in [0.1, 0.15) is 0 Å². The van der Waals surface area contributed by atoms with Crippen LogP contribution in [0, 0.1) is 0 Å². The summed E-state index contributed by atoms with van der Waals surface area (Å²) in [4.78, 5) is 14.7. The molecule has 1 aromatic heterocycles. The van der Waals surface area contributed by atoms with Crippen molar-refractivity contribution in [2.75, 3.05) is 7.05 Å². The highest BCUT2D eigenvalue weighted by atomic mass is 16.1. The van der Waals surface area contributed by atoms with E-state index < -0.39 is 0 Å². The van der Waals surface area contributed by atoms with Crippen LogP contribution in [0.3, 0.4) is 0 Å². The number of hydrogen-bond acceptors (Lipinski definition) is 3. The number of H-pyrrole nitrogens is 1. The van der Waals surface area contributed by atoms with E-state index in [-0.39, 0.29) is 5.69 Å². The number of rotatable bonds is 3. The highest BCUT2D eigenvalue weighted by molar-refractivity contribution is 5.87. The maximum Gasteiger partial charge on any atom is 0.326 e. The van der Waals surface area contributed by atoms with Gasteiger partial charge < -0.3 is 10.4 Å². The summed E-state index contributed by atoms with van der Waals surface area (Å²) in [5.41, 5.74) is 5.55. The van der Waals surface area contributed by atoms with Crippen LogP contribution in [0.15, 0.2) is 28.1 Å². The summed E-state index contributed by atoms with van der Waals surface area (Å²) in [6.45, 7) is 0. The first-order valence-corrected chi connectivity index (χ1v) is 5.73. The Morgan fingerprint density at radius 2 is 2.35 bits per heavy atom. The lowest BCUT2D eigenvalue weighted by atomic mass is 10.2. The Bertz CT molecular complexity index is 633. The topological polar surface area (TPSA) is 62.2 Å². The van der Waals surface area contributed by atoms with E-state index in [0.29, 0.717) is 6.04 Å². The lowest BCUT2D eigenvalue weighted by molar-refractivity contribution is 0.733. The molecule has 0 bridgehead atoms. The molecule has 0 amide bonds. The molecule has 1 aromatic carbocycles. The van der Waals surface area contributed by atoms with E-state index in [0.717, 1.165) is 29.4 Å². The summed E-state index contributed by atoms with van der Waals surface area (Å²) >= 11 is 0. The molecule has 3 rings (SSSR count). The van der Waals surface area contributed by atoms with Gasteiger partial charge in [0, 0.05) is 13.1 Å². The molecule has 2 N–H and O–H groups in total. The van der Waals surface area contributed by atoms with Gasteiger partial charge in [0.2, 0.25) is 0 Å². The number of nitrogens with one attached hydrogen (secondary N) is 2. The zero-order valence-corrected chi connectivity index (χ0v) is 9.60. The highest BCUT2D eigenvalue weighted by Crippen LogP contribution is 2.35. The normalized spacial score (nSPS) is 15.8. The monoisotopic (exact) mass is 230 g/mol. The van der Waals surface area contributed by atoms with E-state index in [1.165, 1.54) is 0 Å². The minimum atomic E-state index is -0.00907. The second kappa shape index (κ2) is 3.76. The molecule has 1 aliphatic rings. The predicted octanol–water partition coefficient (Wildman–Crippen LogP) is 1.22. The van der Waals surface area contributed by atoms with Crippen molar-refractivity contribution in [1.82, 2.24) is 15.0 Å². The van der Waals surface area contributed by atoms with Crippen molar-refractivity contribution in [3.63, 3.8) is 0 Å². The van der Waals surface area contributed by atoms with Gasteiger partial charge in [-0.15, -0.1) is 0 Å². The Morgan fingerprint density at radius 1 is 1.53 bits per heavy atom. The van der Waals surface area contributed by atoms with Crippen LogP contribution in [0.25, 0.3) is 11.0 Å². The van der Waals surface area contributed by atoms with Crippen molar-refractivity contribution in [3.05, 3.63) is 34.2 Å². The number of imidazole rings is 1. The molecule has 0 radical (unpaired) electrons. The number of aromatic amines is 1. The highest BCUT2D eigenvalue weighted by Gasteiger charge is 2.27. The molecule has 1 saturated carbocycles. The fraction of sp³-hybridized carbons (Fsp3) is 0.333. The van der Waals surface area contributed by atoms with Crippen LogP contribution in [0.1, 0.15) is 24.4 Å². The first kappa shape index (κ1) is 10.1. The standard InChI is InChI=1S/C12H14N4O/c1-13-14-7-8-2-5-10-11(6-8)16(9-3-4-9)12(17)15-10/h2,5-7,9,13H,3-4H2,1H3,(H,15,17)/b14-7+. The molecule has 5 heteroatoms. The number of benzene rings is 1. The molecule has 5 nitrogen and oxygen atoms in total. The minimum absolute atomic E-state index is 0.00907. The summed E-state index contributed by atoms with van der Waals surface area (Å²) in [6.07, 6.45) is 3.94. The van der Waals surface area contributed by atoms with Gasteiger partial charge in [-0.25, -0.2) is 4.79 Å². The van der Waals surface area contributed by atoms with Crippen LogP contribution < -0.4 is 11.1 Å². The number of aromatic nitrogens is 2. The van der Waals surface area contributed by atoms with Crippen LogP contribution in [0.2, 0.25) is 0 Å². The minimum Gasteiger partial charge on any atom is -0.313 e. The van der Waals surface area contributed by atoms with Crippen LogP contribution in [0.5, 0.6) is 0 Å². The third-order valence-corrected chi connectivity index (χ3v) is 3.00. The molecule has 0 spiro atoms. The molecule has 2 aromatic rings. The van der Waals surface area contributed by atoms with Crippen molar-refractivity contribution in [2.45, 2.75) is 18.9 Å². The molecule has 0 aliphatic heterocycles. The maximum atomic E-state index is 11.8. The Kier molecular flexibility index (Phi) is 2.24. The van der Waals surface area contributed by atoms with E-state index in [9.17, 15) is 4.79 Å². The molecular weight excluding hydrogens is 216 g/mol. The third-order valence-electron chi connectivity index (χ3n) is 3.00. The van der Waals surface area contributed by atoms with Crippen molar-refractivity contribution in [2.24, 2.45) is 5.10 Å². The van der Waals surface area contributed by atoms with Gasteiger partial charge in [0.05, 0.1) is 17.2 Å². The number of nitrogens with zero attached hydrogens (tertiary/aromatic N) is 2. The third kappa shape index (κ3) is 1.73. The lowest BCUT2D eigenvalue weighted by Gasteiger charge is -2.00. The van der Waals surface area contributed by atoms with Crippen molar-refractivity contribution < 1.29 is 0 Å². The molecular formula is C12H14N4O. The molecule has 0 unspecified atom stereocenters. The van der Waals surface area contributed by atoms with Gasteiger partial charge in [-0.2, -0.15) is 5.10 Å². The largest absolute Gasteiger partial charge is 0.326 e. The lowest BCUT2D eigenvalue weighted by Crippen LogP contribution is -2.15. The molecule has 88 valence electrons. The Labute approximate surface area is 98.1 Å². The molecule has 1 heterocycles. The molecule has 1 aliphatic carbocycles. The summed E-state index contributed by atoms with van der Waals surface area (Å²) in [7, 11) is 1.76. The van der Waals surface area contributed by atoms with Crippen LogP contribution in [0.4, 0.5) is 0 Å². The molecule has 0 saturated heterocycles. The van der Waals surface area contributed by atoms with E-state index >= 15 is 0 Å². The smallest absolute Gasteiger partial charge is 0.313 e. The number of fused-ring (bicyclic) bond motifs is 1. The van der Waals surface area contributed by atoms with Gasteiger partial charge in [0.15, 0.2) is 0 Å². The summed E-state index contributed by atoms with van der Waals surface area (Å²) in [5, 5.41) is 3.97. The van der Waals surface area contributed by atoms with E-state index in [2.05, 4.69) is 15.5 Å². The maximum absolute atomic E-state index is 11.8. The summed E-state index contributed by atoms with van der Waals surface area (Å²) < 4.78 is 1.85. The summed E-state index contributed by atoms with van der Waals surface area (Å²) in [6, 6.07) is 6.24. The predicted molar refractivity (Wildman–Crippen MR) is 67.5 cm³/mol. The SMILES string of the molecule is CN/N=C/c1ccc2[nH]c(=O)n(C3CC3)c2c1. The van der Waals surface area contributed by atoms with Crippen molar-refractivity contribution in [1.29, 1.82) is 0 Å². The van der Waals surface area contributed by atoms with E-state index in [4.69, 9.17) is 0 Å². The van der Waals surface area contributed by atoms with Gasteiger partial charge in [-0.05, 0) is 30.5 Å². The second-order valence-electron chi connectivity index (χ2n) is 4.29. The van der Waals surface area contributed by atoms with Crippen LogP contribution >= 0.6 is 0 Å². The van der Waals surface area contributed by atoms with Crippen molar-refractivity contribution in [3.8, 4) is 0 Å². The number of hydrogen-bond donors (Lipinski definition) is 2. The Balaban J connectivity index is 2.16. The van der Waals surface area contributed by atoms with E-state index in [1.807, 2.05) is 22.8 Å². The van der Waals surface area contributed by atoms with Gasteiger partial charge in [-0.3, -0.25) is 4.57 Å². The first-order valence-electron chi connectivity index (χ1n) is 5.73. The molecule has 17 heavy (non-hydrogen) atoms. The average molecular weight is 230 g/mol. The van der Waals surface area contributed by atoms with Gasteiger partial charge >= 0.3 is 5.69 Å². The zero-order chi connectivity index (χ0) is 11.8. The second-order valence-corrected chi connectivity index (χ2v) is 4.29. The Morgan fingerprint density at radius 3 is 3.06 bits per heavy atom. The van der Waals surface area contributed by atoms with Crippen molar-refractivity contribution >= 4 is 17.2 Å². The zero-order valence-electron chi connectivity index (χ0n) is 9.60. The van der Waals surface area contributed by atoms with Crippen LogP contribution in [-0.2, 0) is 0 Å². The van der Waals surface area contributed by atoms with Crippen LogP contribution in [-0.4, -0.2) is 22.8 Å².